The van der Waals surface area contributed by atoms with Crippen molar-refractivity contribution in [3.63, 3.8) is 0 Å². The molecule has 1 aromatic carbocycles. The third-order valence-corrected chi connectivity index (χ3v) is 2.05. The lowest BCUT2D eigenvalue weighted by molar-refractivity contribution is 0.108. The van der Waals surface area contributed by atoms with Crippen LogP contribution in [0.15, 0.2) is 12.1 Å². The molecule has 64 valence electrons. The summed E-state index contributed by atoms with van der Waals surface area (Å²) in [5.74, 6) is 0.140. The Morgan fingerprint density at radius 2 is 2.00 bits per heavy atom. The van der Waals surface area contributed by atoms with Gasteiger partial charge in [-0.3, -0.25) is 4.79 Å². The van der Waals surface area contributed by atoms with E-state index in [-0.39, 0.29) is 5.75 Å². The van der Waals surface area contributed by atoms with E-state index in [1.54, 1.807) is 26.0 Å². The largest absolute Gasteiger partial charge is 0.507 e. The highest BCUT2D eigenvalue weighted by molar-refractivity contribution is 6.67. The summed E-state index contributed by atoms with van der Waals surface area (Å²) in [6, 6.07) is 3.28. The lowest BCUT2D eigenvalue weighted by Gasteiger charge is -2.05. The van der Waals surface area contributed by atoms with Gasteiger partial charge in [0.25, 0.3) is 5.24 Å². The van der Waals surface area contributed by atoms with Gasteiger partial charge in [-0.2, -0.15) is 0 Å². The molecule has 0 fully saturated rings. The Bertz CT molecular complexity index is 332. The van der Waals surface area contributed by atoms with Crippen molar-refractivity contribution in [2.45, 2.75) is 13.8 Å². The van der Waals surface area contributed by atoms with Crippen LogP contribution < -0.4 is 0 Å². The van der Waals surface area contributed by atoms with Crippen LogP contribution in [0.4, 0.5) is 0 Å². The first-order valence-corrected chi connectivity index (χ1v) is 3.91. The van der Waals surface area contributed by atoms with Gasteiger partial charge in [-0.25, -0.2) is 0 Å². The van der Waals surface area contributed by atoms with E-state index in [1.165, 1.54) is 0 Å². The van der Waals surface area contributed by atoms with E-state index < -0.39 is 5.24 Å². The number of phenols is 1. The number of rotatable bonds is 1. The summed E-state index contributed by atoms with van der Waals surface area (Å²) in [4.78, 5) is 10.8. The number of hydrogen-bond donors (Lipinski definition) is 1. The van der Waals surface area contributed by atoms with E-state index in [9.17, 15) is 9.90 Å². The van der Waals surface area contributed by atoms with Gasteiger partial charge >= 0.3 is 0 Å². The average molecular weight is 185 g/mol. The zero-order valence-corrected chi connectivity index (χ0v) is 7.64. The lowest BCUT2D eigenvalue weighted by atomic mass is 10.1. The van der Waals surface area contributed by atoms with Crippen molar-refractivity contribution in [1.29, 1.82) is 0 Å². The summed E-state index contributed by atoms with van der Waals surface area (Å²) in [5, 5.41) is 8.89. The highest BCUT2D eigenvalue weighted by Gasteiger charge is 2.10. The molecule has 0 saturated carbocycles. The molecule has 0 unspecified atom stereocenters. The molecule has 3 heteroatoms. The second-order valence-electron chi connectivity index (χ2n) is 2.68. The second-order valence-corrected chi connectivity index (χ2v) is 3.02. The molecule has 0 bridgehead atoms. The summed E-state index contributed by atoms with van der Waals surface area (Å²) in [7, 11) is 0. The third-order valence-electron chi connectivity index (χ3n) is 1.84. The predicted molar refractivity (Wildman–Crippen MR) is 47.8 cm³/mol. The van der Waals surface area contributed by atoms with Gasteiger partial charge in [0, 0.05) is 11.1 Å². The van der Waals surface area contributed by atoms with Crippen molar-refractivity contribution < 1.29 is 9.90 Å². The van der Waals surface area contributed by atoms with Gasteiger partial charge in [0.1, 0.15) is 5.75 Å². The van der Waals surface area contributed by atoms with Crippen LogP contribution in [0.25, 0.3) is 0 Å². The summed E-state index contributed by atoms with van der Waals surface area (Å²) in [6.07, 6.45) is 0. The van der Waals surface area contributed by atoms with Gasteiger partial charge in [-0.1, -0.05) is 6.07 Å². The van der Waals surface area contributed by atoms with E-state index >= 15 is 0 Å². The smallest absolute Gasteiger partial charge is 0.252 e. The molecule has 0 aliphatic carbocycles. The first-order valence-electron chi connectivity index (χ1n) is 3.53. The molecule has 1 N–H and O–H groups in total. The topological polar surface area (TPSA) is 37.3 Å². The monoisotopic (exact) mass is 184 g/mol. The maximum Gasteiger partial charge on any atom is 0.252 e. The van der Waals surface area contributed by atoms with Crippen molar-refractivity contribution in [3.8, 4) is 5.75 Å². The number of aryl methyl sites for hydroxylation is 1. The van der Waals surface area contributed by atoms with Crippen LogP contribution in [-0.4, -0.2) is 10.3 Å². The molecule has 0 spiro atoms. The normalized spacial score (nSPS) is 9.92. The van der Waals surface area contributed by atoms with Gasteiger partial charge in [0.15, 0.2) is 0 Å². The second kappa shape index (κ2) is 3.15. The van der Waals surface area contributed by atoms with Gasteiger partial charge in [-0.15, -0.1) is 0 Å². The fourth-order valence-corrected chi connectivity index (χ4v) is 1.25. The Hall–Kier alpha value is -1.02. The van der Waals surface area contributed by atoms with E-state index in [1.807, 2.05) is 0 Å². The van der Waals surface area contributed by atoms with Crippen molar-refractivity contribution in [1.82, 2.24) is 0 Å². The van der Waals surface area contributed by atoms with Crippen LogP contribution in [0.1, 0.15) is 21.5 Å². The number of hydrogen-bond acceptors (Lipinski definition) is 2. The van der Waals surface area contributed by atoms with Crippen LogP contribution in [0.3, 0.4) is 0 Å². The molecule has 0 heterocycles. The number of halogens is 1. The van der Waals surface area contributed by atoms with Crippen LogP contribution in [-0.2, 0) is 0 Å². The zero-order chi connectivity index (χ0) is 9.30. The summed E-state index contributed by atoms with van der Waals surface area (Å²) >= 11 is 5.28. The number of aromatic hydroxyl groups is 1. The molecule has 0 aromatic heterocycles. The minimum absolute atomic E-state index is 0.140. The molecule has 0 saturated heterocycles. The minimum atomic E-state index is -0.539. The standard InChI is InChI=1S/C9H9ClO2/c1-5-3-4-7(9(10)12)6(2)8(5)11/h3-4,11H,1-2H3. The Labute approximate surface area is 75.8 Å². The van der Waals surface area contributed by atoms with Crippen molar-refractivity contribution >= 4 is 16.8 Å². The number of carbonyl (C=O) groups is 1. The molecule has 2 nitrogen and oxygen atoms in total. The molecule has 1 aromatic rings. The van der Waals surface area contributed by atoms with Crippen molar-refractivity contribution in [2.24, 2.45) is 0 Å². The average Bonchev–Trinajstić information content (AvgIpc) is 2.00. The van der Waals surface area contributed by atoms with Crippen molar-refractivity contribution in [2.75, 3.05) is 0 Å². The summed E-state index contributed by atoms with van der Waals surface area (Å²) in [5.41, 5.74) is 1.64. The minimum Gasteiger partial charge on any atom is -0.507 e. The highest BCUT2D eigenvalue weighted by Crippen LogP contribution is 2.25. The van der Waals surface area contributed by atoms with Gasteiger partial charge in [-0.05, 0) is 37.1 Å². The zero-order valence-electron chi connectivity index (χ0n) is 6.89. The Kier molecular flexibility index (Phi) is 2.38. The predicted octanol–water partition coefficient (Wildman–Crippen LogP) is 2.39. The Balaban J connectivity index is 3.36. The number of benzene rings is 1. The Morgan fingerprint density at radius 3 is 2.50 bits per heavy atom. The molecular weight excluding hydrogens is 176 g/mol. The number of carbonyl (C=O) groups excluding carboxylic acids is 1. The molecule has 12 heavy (non-hydrogen) atoms. The number of phenolic OH excluding ortho intramolecular Hbond substituents is 1. The molecule has 1 rings (SSSR count). The van der Waals surface area contributed by atoms with E-state index in [4.69, 9.17) is 11.6 Å². The molecule has 0 aliphatic heterocycles. The fourth-order valence-electron chi connectivity index (χ4n) is 1.05. The van der Waals surface area contributed by atoms with Gasteiger partial charge in [0.05, 0.1) is 0 Å². The maximum absolute atomic E-state index is 10.8. The summed E-state index contributed by atoms with van der Waals surface area (Å²) in [6.45, 7) is 3.43. The lowest BCUT2D eigenvalue weighted by Crippen LogP contribution is -1.94. The van der Waals surface area contributed by atoms with Crippen molar-refractivity contribution in [3.05, 3.63) is 28.8 Å². The van der Waals surface area contributed by atoms with Crippen LogP contribution in [0, 0.1) is 13.8 Å². The quantitative estimate of drug-likeness (QED) is 0.681. The first-order chi connectivity index (χ1) is 5.54. The molecule has 0 aliphatic rings. The molecular formula is C9H9ClO2. The van der Waals surface area contributed by atoms with Crippen LogP contribution >= 0.6 is 11.6 Å². The van der Waals surface area contributed by atoms with Gasteiger partial charge in [0.2, 0.25) is 0 Å². The van der Waals surface area contributed by atoms with Crippen LogP contribution in [0.2, 0.25) is 0 Å². The first kappa shape index (κ1) is 9.07. The summed E-state index contributed by atoms with van der Waals surface area (Å²) < 4.78 is 0. The Morgan fingerprint density at radius 1 is 1.42 bits per heavy atom. The van der Waals surface area contributed by atoms with Gasteiger partial charge < -0.3 is 5.11 Å². The molecule has 0 atom stereocenters. The highest BCUT2D eigenvalue weighted by atomic mass is 35.5. The maximum atomic E-state index is 10.8. The fraction of sp³-hybridized carbons (Fsp3) is 0.222. The van der Waals surface area contributed by atoms with E-state index in [2.05, 4.69) is 0 Å². The molecule has 0 amide bonds. The SMILES string of the molecule is Cc1ccc(C(=O)Cl)c(C)c1O. The van der Waals surface area contributed by atoms with E-state index in [0.29, 0.717) is 11.1 Å². The third kappa shape index (κ3) is 1.43. The molecule has 0 radical (unpaired) electrons. The van der Waals surface area contributed by atoms with E-state index in [0.717, 1.165) is 5.56 Å². The van der Waals surface area contributed by atoms with Crippen LogP contribution in [0.5, 0.6) is 5.75 Å².